The van der Waals surface area contributed by atoms with E-state index >= 15 is 0 Å². The van der Waals surface area contributed by atoms with Crippen LogP contribution in [0.5, 0.6) is 0 Å². The van der Waals surface area contributed by atoms with E-state index in [9.17, 15) is 4.79 Å². The molecule has 1 rings (SSSR count). The van der Waals surface area contributed by atoms with E-state index < -0.39 is 0 Å². The quantitative estimate of drug-likeness (QED) is 0.276. The fourth-order valence-corrected chi connectivity index (χ4v) is 2.74. The molecule has 0 aliphatic carbocycles. The van der Waals surface area contributed by atoms with Crippen LogP contribution in [-0.4, -0.2) is 39.1 Å². The third-order valence-corrected chi connectivity index (χ3v) is 4.45. The summed E-state index contributed by atoms with van der Waals surface area (Å²) in [6, 6.07) is 7.74. The Labute approximate surface area is 175 Å². The molecule has 0 fully saturated rings. The molecule has 6 heteroatoms. The largest absolute Gasteiger partial charge is 0.356 e. The minimum absolute atomic E-state index is 0. The van der Waals surface area contributed by atoms with Gasteiger partial charge < -0.3 is 16.0 Å². The van der Waals surface area contributed by atoms with Crippen molar-refractivity contribution in [3.05, 3.63) is 35.4 Å². The summed E-state index contributed by atoms with van der Waals surface area (Å²) >= 11 is 0. The van der Waals surface area contributed by atoms with Gasteiger partial charge in [0, 0.05) is 32.7 Å². The lowest BCUT2D eigenvalue weighted by atomic mass is 9.99. The molecule has 0 bridgehead atoms. The first-order chi connectivity index (χ1) is 12.1. The van der Waals surface area contributed by atoms with Crippen LogP contribution in [0, 0.1) is 5.92 Å². The van der Waals surface area contributed by atoms with Crippen molar-refractivity contribution in [2.24, 2.45) is 10.9 Å². The van der Waals surface area contributed by atoms with Gasteiger partial charge in [-0.2, -0.15) is 0 Å². The van der Waals surface area contributed by atoms with Crippen LogP contribution in [-0.2, 0) is 6.42 Å². The van der Waals surface area contributed by atoms with E-state index in [1.165, 1.54) is 25.7 Å². The number of aliphatic imine (C=N–C) groups is 1. The van der Waals surface area contributed by atoms with E-state index in [4.69, 9.17) is 0 Å². The Kier molecular flexibility index (Phi) is 14.1. The van der Waals surface area contributed by atoms with Crippen molar-refractivity contribution >= 4 is 35.8 Å². The Balaban J connectivity index is 0.00000625. The number of carbonyl (C=O) groups is 1. The number of carbonyl (C=O) groups excluding carboxylic acids is 1. The number of guanidine groups is 1. The maximum atomic E-state index is 11.7. The second-order valence-corrected chi connectivity index (χ2v) is 6.33. The van der Waals surface area contributed by atoms with E-state index in [0.29, 0.717) is 11.5 Å². The number of rotatable bonds is 10. The number of benzene rings is 1. The Bertz CT molecular complexity index is 548. The van der Waals surface area contributed by atoms with Gasteiger partial charge in [-0.25, -0.2) is 0 Å². The zero-order chi connectivity index (χ0) is 18.5. The summed E-state index contributed by atoms with van der Waals surface area (Å²) in [5.41, 5.74) is 1.84. The Hall–Kier alpha value is -1.31. The normalized spacial score (nSPS) is 12.1. The molecule has 0 radical (unpaired) electrons. The second kappa shape index (κ2) is 14.8. The molecule has 1 atom stereocenters. The number of nitrogens with zero attached hydrogens (tertiary/aromatic N) is 1. The first-order valence-corrected chi connectivity index (χ1v) is 9.40. The van der Waals surface area contributed by atoms with Gasteiger partial charge in [0.15, 0.2) is 5.96 Å². The Morgan fingerprint density at radius 2 is 2.00 bits per heavy atom. The molecule has 5 nitrogen and oxygen atoms in total. The molecule has 0 aromatic heterocycles. The molecule has 0 saturated carbocycles. The first kappa shape index (κ1) is 24.7. The summed E-state index contributed by atoms with van der Waals surface area (Å²) in [7, 11) is 3.45. The monoisotopic (exact) mass is 474 g/mol. The third kappa shape index (κ3) is 9.40. The highest BCUT2D eigenvalue weighted by Crippen LogP contribution is 2.11. The summed E-state index contributed by atoms with van der Waals surface area (Å²) in [4.78, 5) is 16.0. The lowest BCUT2D eigenvalue weighted by molar-refractivity contribution is 0.0963. The zero-order valence-electron chi connectivity index (χ0n) is 16.6. The smallest absolute Gasteiger partial charge is 0.251 e. The van der Waals surface area contributed by atoms with Crippen LogP contribution in [0.25, 0.3) is 0 Å². The lowest BCUT2D eigenvalue weighted by Gasteiger charge is -2.18. The SMILES string of the molecule is CCCCC(CC)CNC(=NC)NCCc1cccc(C(=O)NC)c1.I. The molecular weight excluding hydrogens is 439 g/mol. The van der Waals surface area contributed by atoms with E-state index in [1.807, 2.05) is 24.3 Å². The molecule has 0 aliphatic heterocycles. The third-order valence-electron chi connectivity index (χ3n) is 4.45. The van der Waals surface area contributed by atoms with E-state index in [1.54, 1.807) is 14.1 Å². The minimum atomic E-state index is -0.0510. The molecule has 0 heterocycles. The van der Waals surface area contributed by atoms with Gasteiger partial charge in [-0.05, 0) is 36.5 Å². The summed E-state index contributed by atoms with van der Waals surface area (Å²) in [6.07, 6.45) is 5.84. The highest BCUT2D eigenvalue weighted by atomic mass is 127. The van der Waals surface area contributed by atoms with Crippen molar-refractivity contribution in [2.45, 2.75) is 46.0 Å². The summed E-state index contributed by atoms with van der Waals surface area (Å²) < 4.78 is 0. The van der Waals surface area contributed by atoms with Crippen molar-refractivity contribution in [2.75, 3.05) is 27.2 Å². The zero-order valence-corrected chi connectivity index (χ0v) is 18.9. The fraction of sp³-hybridized carbons (Fsp3) is 0.600. The van der Waals surface area contributed by atoms with E-state index in [0.717, 1.165) is 31.0 Å². The average molecular weight is 474 g/mol. The van der Waals surface area contributed by atoms with Gasteiger partial charge >= 0.3 is 0 Å². The number of halogens is 1. The van der Waals surface area contributed by atoms with Crippen LogP contribution in [0.1, 0.15) is 55.5 Å². The van der Waals surface area contributed by atoms with Crippen molar-refractivity contribution in [1.29, 1.82) is 0 Å². The molecule has 1 unspecified atom stereocenters. The van der Waals surface area contributed by atoms with Gasteiger partial charge in [0.25, 0.3) is 5.91 Å². The maximum absolute atomic E-state index is 11.7. The van der Waals surface area contributed by atoms with Gasteiger partial charge in [-0.3, -0.25) is 9.79 Å². The molecule has 1 aromatic carbocycles. The van der Waals surface area contributed by atoms with Gasteiger partial charge in [-0.15, -0.1) is 24.0 Å². The summed E-state index contributed by atoms with van der Waals surface area (Å²) in [5, 5.41) is 9.44. The standard InChI is InChI=1S/C20H34N4O.HI/c1-5-7-9-16(6-2)15-24-20(22-4)23-13-12-17-10-8-11-18(14-17)19(25)21-3;/h8,10-11,14,16H,5-7,9,12-13,15H2,1-4H3,(H,21,25)(H2,22,23,24);1H. The predicted octanol–water partition coefficient (Wildman–Crippen LogP) is 3.59. The van der Waals surface area contributed by atoms with Gasteiger partial charge in [0.05, 0.1) is 0 Å². The van der Waals surface area contributed by atoms with E-state index in [2.05, 4.69) is 34.8 Å². The van der Waals surface area contributed by atoms with Gasteiger partial charge in [0.1, 0.15) is 0 Å². The number of hydrogen-bond acceptors (Lipinski definition) is 2. The van der Waals surface area contributed by atoms with E-state index in [-0.39, 0.29) is 29.9 Å². The average Bonchev–Trinajstić information content (AvgIpc) is 2.66. The van der Waals surface area contributed by atoms with Crippen LogP contribution in [0.2, 0.25) is 0 Å². The number of amides is 1. The van der Waals surface area contributed by atoms with Crippen molar-refractivity contribution in [3.63, 3.8) is 0 Å². The van der Waals surface area contributed by atoms with Crippen LogP contribution < -0.4 is 16.0 Å². The Morgan fingerprint density at radius 3 is 2.62 bits per heavy atom. The second-order valence-electron chi connectivity index (χ2n) is 6.33. The number of nitrogens with one attached hydrogen (secondary N) is 3. The Morgan fingerprint density at radius 1 is 1.23 bits per heavy atom. The molecule has 0 saturated heterocycles. The highest BCUT2D eigenvalue weighted by Gasteiger charge is 2.07. The van der Waals surface area contributed by atoms with Crippen molar-refractivity contribution in [3.8, 4) is 0 Å². The minimum Gasteiger partial charge on any atom is -0.356 e. The molecule has 148 valence electrons. The molecule has 3 N–H and O–H groups in total. The fourth-order valence-electron chi connectivity index (χ4n) is 2.74. The van der Waals surface area contributed by atoms with Crippen LogP contribution in [0.4, 0.5) is 0 Å². The number of unbranched alkanes of at least 4 members (excludes halogenated alkanes) is 1. The summed E-state index contributed by atoms with van der Waals surface area (Å²) in [6.45, 7) is 6.22. The maximum Gasteiger partial charge on any atom is 0.251 e. The molecule has 0 aliphatic rings. The highest BCUT2D eigenvalue weighted by molar-refractivity contribution is 14.0. The lowest BCUT2D eigenvalue weighted by Crippen LogP contribution is -2.40. The van der Waals surface area contributed by atoms with Crippen molar-refractivity contribution < 1.29 is 4.79 Å². The molecule has 1 aromatic rings. The van der Waals surface area contributed by atoms with Crippen LogP contribution >= 0.6 is 24.0 Å². The topological polar surface area (TPSA) is 65.5 Å². The van der Waals surface area contributed by atoms with Gasteiger partial charge in [-0.1, -0.05) is 45.2 Å². The van der Waals surface area contributed by atoms with Crippen molar-refractivity contribution in [1.82, 2.24) is 16.0 Å². The molecule has 1 amide bonds. The first-order valence-electron chi connectivity index (χ1n) is 9.40. The molecule has 26 heavy (non-hydrogen) atoms. The summed E-state index contributed by atoms with van der Waals surface area (Å²) in [5.74, 6) is 1.49. The number of hydrogen-bond donors (Lipinski definition) is 3. The van der Waals surface area contributed by atoms with Crippen LogP contribution in [0.15, 0.2) is 29.3 Å². The predicted molar refractivity (Wildman–Crippen MR) is 122 cm³/mol. The van der Waals surface area contributed by atoms with Crippen LogP contribution in [0.3, 0.4) is 0 Å². The van der Waals surface area contributed by atoms with Gasteiger partial charge in [0.2, 0.25) is 0 Å². The molecular formula is C20H35IN4O. The molecule has 0 spiro atoms.